The largest absolute Gasteiger partial charge is 0.378 e. The van der Waals surface area contributed by atoms with Gasteiger partial charge in [0.25, 0.3) is 0 Å². The highest BCUT2D eigenvalue weighted by molar-refractivity contribution is 5.99. The van der Waals surface area contributed by atoms with Crippen molar-refractivity contribution in [1.29, 1.82) is 5.26 Å². The summed E-state index contributed by atoms with van der Waals surface area (Å²) < 4.78 is 19.4. The molecule has 4 aromatic rings. The van der Waals surface area contributed by atoms with Crippen LogP contribution in [0.4, 0.5) is 38.8 Å². The van der Waals surface area contributed by atoms with Gasteiger partial charge in [-0.05, 0) is 60.7 Å². The number of hydrogen-bond donors (Lipinski definition) is 3. The predicted molar refractivity (Wildman–Crippen MR) is 153 cm³/mol. The molecule has 2 heterocycles. The SMILES string of the molecule is C=CC(=O)Nc1cc(C#N)cc(-c2nc(Nc3cccc(N4CCOCC4)c3)ncc2Nc2cccc(F)c2)c1. The summed E-state index contributed by atoms with van der Waals surface area (Å²) in [6.45, 7) is 6.46. The molecule has 200 valence electrons. The fraction of sp³-hybridized carbons (Fsp3) is 0.133. The van der Waals surface area contributed by atoms with Crippen LogP contribution in [0.25, 0.3) is 11.3 Å². The maximum atomic E-state index is 13.9. The molecule has 0 atom stereocenters. The van der Waals surface area contributed by atoms with Gasteiger partial charge >= 0.3 is 0 Å². The second kappa shape index (κ2) is 12.1. The molecule has 0 unspecified atom stereocenters. The van der Waals surface area contributed by atoms with Gasteiger partial charge in [0, 0.05) is 41.4 Å². The molecule has 0 radical (unpaired) electrons. The Labute approximate surface area is 231 Å². The summed E-state index contributed by atoms with van der Waals surface area (Å²) in [5.74, 6) is -0.492. The minimum Gasteiger partial charge on any atom is -0.378 e. The number of benzene rings is 3. The average molecular weight is 536 g/mol. The van der Waals surface area contributed by atoms with E-state index in [1.165, 1.54) is 12.1 Å². The van der Waals surface area contributed by atoms with Gasteiger partial charge in [0.05, 0.1) is 42.4 Å². The average Bonchev–Trinajstić information content (AvgIpc) is 2.98. The van der Waals surface area contributed by atoms with Gasteiger partial charge < -0.3 is 25.6 Å². The highest BCUT2D eigenvalue weighted by atomic mass is 19.1. The third-order valence-electron chi connectivity index (χ3n) is 6.16. The molecule has 1 aliphatic heterocycles. The third kappa shape index (κ3) is 6.40. The third-order valence-corrected chi connectivity index (χ3v) is 6.16. The molecule has 3 N–H and O–H groups in total. The fourth-order valence-corrected chi connectivity index (χ4v) is 4.30. The van der Waals surface area contributed by atoms with Crippen LogP contribution < -0.4 is 20.9 Å². The van der Waals surface area contributed by atoms with Crippen LogP contribution in [0.3, 0.4) is 0 Å². The highest BCUT2D eigenvalue weighted by Crippen LogP contribution is 2.33. The summed E-state index contributed by atoms with van der Waals surface area (Å²) in [5, 5.41) is 18.8. The smallest absolute Gasteiger partial charge is 0.247 e. The number of ether oxygens (including phenoxy) is 1. The normalized spacial score (nSPS) is 12.8. The first-order valence-corrected chi connectivity index (χ1v) is 12.6. The lowest BCUT2D eigenvalue weighted by Crippen LogP contribution is -2.36. The number of amides is 1. The van der Waals surface area contributed by atoms with E-state index in [0.717, 1.165) is 30.5 Å². The quantitative estimate of drug-likeness (QED) is 0.250. The van der Waals surface area contributed by atoms with Crippen molar-refractivity contribution < 1.29 is 13.9 Å². The van der Waals surface area contributed by atoms with E-state index < -0.39 is 11.7 Å². The molecule has 3 aromatic carbocycles. The van der Waals surface area contributed by atoms with Crippen LogP contribution in [-0.4, -0.2) is 42.2 Å². The predicted octanol–water partition coefficient (Wildman–Crippen LogP) is 5.60. The molecule has 40 heavy (non-hydrogen) atoms. The molecule has 0 spiro atoms. The number of hydrogen-bond acceptors (Lipinski definition) is 8. The minimum absolute atomic E-state index is 0.318. The molecule has 1 saturated heterocycles. The Hall–Kier alpha value is -5.27. The lowest BCUT2D eigenvalue weighted by molar-refractivity contribution is -0.111. The van der Waals surface area contributed by atoms with E-state index in [1.54, 1.807) is 36.5 Å². The molecule has 1 amide bonds. The first kappa shape index (κ1) is 26.3. The van der Waals surface area contributed by atoms with Crippen molar-refractivity contribution in [2.75, 3.05) is 47.2 Å². The number of halogens is 1. The highest BCUT2D eigenvalue weighted by Gasteiger charge is 2.15. The summed E-state index contributed by atoms with van der Waals surface area (Å²) in [4.78, 5) is 23.5. The Balaban J connectivity index is 1.53. The molecule has 0 aliphatic carbocycles. The molecule has 1 aliphatic rings. The lowest BCUT2D eigenvalue weighted by Gasteiger charge is -2.29. The van der Waals surface area contributed by atoms with Crippen LogP contribution >= 0.6 is 0 Å². The van der Waals surface area contributed by atoms with E-state index in [0.29, 0.717) is 53.0 Å². The number of morpholine rings is 1. The maximum Gasteiger partial charge on any atom is 0.247 e. The van der Waals surface area contributed by atoms with Gasteiger partial charge in [0.2, 0.25) is 11.9 Å². The summed E-state index contributed by atoms with van der Waals surface area (Å²) in [6, 6.07) is 21.0. The van der Waals surface area contributed by atoms with E-state index in [9.17, 15) is 14.4 Å². The zero-order valence-corrected chi connectivity index (χ0v) is 21.5. The summed E-state index contributed by atoms with van der Waals surface area (Å²) >= 11 is 0. The zero-order valence-electron chi connectivity index (χ0n) is 21.5. The van der Waals surface area contributed by atoms with Crippen LogP contribution in [0.5, 0.6) is 0 Å². The molecule has 9 nitrogen and oxygen atoms in total. The number of nitrogens with zero attached hydrogens (tertiary/aromatic N) is 4. The summed E-state index contributed by atoms with van der Waals surface area (Å²) in [6.07, 6.45) is 2.73. The first-order chi connectivity index (χ1) is 19.5. The number of nitriles is 1. The van der Waals surface area contributed by atoms with E-state index in [-0.39, 0.29) is 0 Å². The Kier molecular flexibility index (Phi) is 7.94. The van der Waals surface area contributed by atoms with Crippen LogP contribution in [0.15, 0.2) is 85.6 Å². The second-order valence-corrected chi connectivity index (χ2v) is 8.97. The molecule has 1 aromatic heterocycles. The number of carbonyl (C=O) groups is 1. The van der Waals surface area contributed by atoms with Crippen LogP contribution in [0.1, 0.15) is 5.56 Å². The first-order valence-electron chi connectivity index (χ1n) is 12.6. The Morgan fingerprint density at radius 2 is 1.80 bits per heavy atom. The number of aromatic nitrogens is 2. The number of carbonyl (C=O) groups excluding carboxylic acids is 1. The molecular weight excluding hydrogens is 509 g/mol. The van der Waals surface area contributed by atoms with Gasteiger partial charge in [-0.3, -0.25) is 4.79 Å². The van der Waals surface area contributed by atoms with Crippen molar-refractivity contribution >= 4 is 40.3 Å². The van der Waals surface area contributed by atoms with Crippen LogP contribution in [0, 0.1) is 17.1 Å². The van der Waals surface area contributed by atoms with Gasteiger partial charge in [0.1, 0.15) is 5.82 Å². The lowest BCUT2D eigenvalue weighted by atomic mass is 10.1. The van der Waals surface area contributed by atoms with Crippen LogP contribution in [-0.2, 0) is 9.53 Å². The number of rotatable bonds is 8. The van der Waals surface area contributed by atoms with Crippen molar-refractivity contribution in [1.82, 2.24) is 9.97 Å². The Morgan fingerprint density at radius 3 is 2.55 bits per heavy atom. The maximum absolute atomic E-state index is 13.9. The van der Waals surface area contributed by atoms with Gasteiger partial charge in [-0.2, -0.15) is 5.26 Å². The van der Waals surface area contributed by atoms with Crippen molar-refractivity contribution in [2.24, 2.45) is 0 Å². The summed E-state index contributed by atoms with van der Waals surface area (Å²) in [7, 11) is 0. The van der Waals surface area contributed by atoms with Crippen molar-refractivity contribution in [3.8, 4) is 17.3 Å². The Morgan fingerprint density at radius 1 is 1.02 bits per heavy atom. The van der Waals surface area contributed by atoms with Crippen molar-refractivity contribution in [3.05, 3.63) is 97.0 Å². The van der Waals surface area contributed by atoms with Gasteiger partial charge in [-0.1, -0.05) is 18.7 Å². The van der Waals surface area contributed by atoms with Gasteiger partial charge in [0.15, 0.2) is 0 Å². The molecule has 0 bridgehead atoms. The number of anilines is 6. The summed E-state index contributed by atoms with van der Waals surface area (Å²) in [5.41, 5.74) is 4.55. The van der Waals surface area contributed by atoms with E-state index in [2.05, 4.69) is 38.5 Å². The molecule has 5 rings (SSSR count). The minimum atomic E-state index is -0.413. The monoisotopic (exact) mass is 535 g/mol. The Bertz CT molecular complexity index is 1600. The van der Waals surface area contributed by atoms with Crippen LogP contribution in [0.2, 0.25) is 0 Å². The molecule has 1 fully saturated rings. The fourth-order valence-electron chi connectivity index (χ4n) is 4.30. The standard InChI is InChI=1S/C30H26FN7O2/c1-2-28(39)35-25-14-20(18-32)13-21(15-25)29-27(34-23-6-3-5-22(31)16-23)19-33-30(37-29)36-24-7-4-8-26(17-24)38-9-11-40-12-10-38/h2-8,13-17,19,34H,1,9-12H2,(H,35,39)(H,33,36,37). The van der Waals surface area contributed by atoms with Gasteiger partial charge in [-0.25, -0.2) is 14.4 Å². The number of nitrogens with one attached hydrogen (secondary N) is 3. The van der Waals surface area contributed by atoms with E-state index in [1.807, 2.05) is 24.3 Å². The molecule has 0 saturated carbocycles. The zero-order chi connectivity index (χ0) is 27.9. The van der Waals surface area contributed by atoms with Crippen molar-refractivity contribution in [2.45, 2.75) is 0 Å². The van der Waals surface area contributed by atoms with Crippen molar-refractivity contribution in [3.63, 3.8) is 0 Å². The van der Waals surface area contributed by atoms with E-state index in [4.69, 9.17) is 9.72 Å². The second-order valence-electron chi connectivity index (χ2n) is 8.97. The topological polar surface area (TPSA) is 115 Å². The van der Waals surface area contributed by atoms with Gasteiger partial charge in [-0.15, -0.1) is 0 Å². The van der Waals surface area contributed by atoms with E-state index >= 15 is 0 Å². The molecular formula is C30H26FN7O2. The molecule has 10 heteroatoms.